The SMILES string of the molecule is CCN(CCN(C)C)C(=O)Cc1sc(C)nc1-c1ccc(OC)cc1. The van der Waals surface area contributed by atoms with Gasteiger partial charge in [-0.3, -0.25) is 4.79 Å². The summed E-state index contributed by atoms with van der Waals surface area (Å²) in [4.78, 5) is 22.4. The zero-order valence-corrected chi connectivity index (χ0v) is 16.5. The van der Waals surface area contributed by atoms with Crippen LogP contribution in [0.1, 0.15) is 16.8 Å². The van der Waals surface area contributed by atoms with Gasteiger partial charge in [-0.25, -0.2) is 4.98 Å². The van der Waals surface area contributed by atoms with Crippen LogP contribution in [0.4, 0.5) is 0 Å². The Morgan fingerprint density at radius 2 is 1.88 bits per heavy atom. The summed E-state index contributed by atoms with van der Waals surface area (Å²) in [5, 5.41) is 0.977. The molecule has 2 rings (SSSR count). The molecule has 6 heteroatoms. The fourth-order valence-electron chi connectivity index (χ4n) is 2.59. The second-order valence-electron chi connectivity index (χ2n) is 6.19. The lowest BCUT2D eigenvalue weighted by atomic mass is 10.1. The molecule has 0 saturated heterocycles. The molecule has 1 amide bonds. The largest absolute Gasteiger partial charge is 0.497 e. The lowest BCUT2D eigenvalue weighted by molar-refractivity contribution is -0.130. The van der Waals surface area contributed by atoms with Gasteiger partial charge in [0.1, 0.15) is 5.75 Å². The molecule has 0 bridgehead atoms. The van der Waals surface area contributed by atoms with Crippen LogP contribution in [-0.4, -0.2) is 61.5 Å². The van der Waals surface area contributed by atoms with E-state index in [1.54, 1.807) is 18.4 Å². The van der Waals surface area contributed by atoms with Crippen molar-refractivity contribution >= 4 is 17.2 Å². The summed E-state index contributed by atoms with van der Waals surface area (Å²) < 4.78 is 5.21. The molecule has 25 heavy (non-hydrogen) atoms. The van der Waals surface area contributed by atoms with Gasteiger partial charge < -0.3 is 14.5 Å². The van der Waals surface area contributed by atoms with Crippen LogP contribution in [0.3, 0.4) is 0 Å². The third-order valence-electron chi connectivity index (χ3n) is 4.03. The smallest absolute Gasteiger partial charge is 0.227 e. The van der Waals surface area contributed by atoms with Crippen LogP contribution in [0.2, 0.25) is 0 Å². The highest BCUT2D eigenvalue weighted by Crippen LogP contribution is 2.30. The van der Waals surface area contributed by atoms with E-state index in [1.165, 1.54) is 0 Å². The van der Waals surface area contributed by atoms with Crippen LogP contribution in [0.5, 0.6) is 5.75 Å². The van der Waals surface area contributed by atoms with E-state index >= 15 is 0 Å². The number of thiazole rings is 1. The number of hydrogen-bond acceptors (Lipinski definition) is 5. The first kappa shape index (κ1) is 19.4. The summed E-state index contributed by atoms with van der Waals surface area (Å²) in [6.07, 6.45) is 0.397. The molecular formula is C19H27N3O2S. The van der Waals surface area contributed by atoms with Crippen molar-refractivity contribution in [1.29, 1.82) is 0 Å². The van der Waals surface area contributed by atoms with Crippen LogP contribution < -0.4 is 4.74 Å². The summed E-state index contributed by atoms with van der Waals surface area (Å²) in [6, 6.07) is 7.83. The molecule has 0 aliphatic carbocycles. The van der Waals surface area contributed by atoms with Crippen LogP contribution in [-0.2, 0) is 11.2 Å². The quantitative estimate of drug-likeness (QED) is 0.725. The number of carbonyl (C=O) groups excluding carboxylic acids is 1. The fourth-order valence-corrected chi connectivity index (χ4v) is 3.54. The molecule has 0 atom stereocenters. The molecule has 0 aliphatic rings. The topological polar surface area (TPSA) is 45.7 Å². The number of likely N-dealkylation sites (N-methyl/N-ethyl adjacent to an activating group) is 2. The Bertz CT molecular complexity index is 695. The number of ether oxygens (including phenoxy) is 1. The standard InChI is InChI=1S/C19H27N3O2S/c1-6-22(12-11-21(3)4)18(23)13-17-19(20-14(2)25-17)15-7-9-16(24-5)10-8-15/h7-10H,6,11-13H2,1-5H3. The minimum absolute atomic E-state index is 0.155. The number of hydrogen-bond donors (Lipinski definition) is 0. The maximum absolute atomic E-state index is 12.7. The molecule has 1 heterocycles. The summed E-state index contributed by atoms with van der Waals surface area (Å²) in [6.45, 7) is 6.35. The number of benzene rings is 1. The first-order valence-electron chi connectivity index (χ1n) is 8.47. The van der Waals surface area contributed by atoms with Crippen LogP contribution in [0, 0.1) is 6.92 Å². The van der Waals surface area contributed by atoms with Crippen molar-refractivity contribution in [1.82, 2.24) is 14.8 Å². The van der Waals surface area contributed by atoms with E-state index < -0.39 is 0 Å². The van der Waals surface area contributed by atoms with Gasteiger partial charge in [-0.15, -0.1) is 11.3 Å². The molecule has 1 aromatic heterocycles. The summed E-state index contributed by atoms with van der Waals surface area (Å²) in [5.41, 5.74) is 1.92. The van der Waals surface area contributed by atoms with Gasteiger partial charge in [0, 0.05) is 30.1 Å². The Balaban J connectivity index is 2.17. The first-order chi connectivity index (χ1) is 11.9. The van der Waals surface area contributed by atoms with Crippen molar-refractivity contribution in [3.8, 4) is 17.0 Å². The maximum Gasteiger partial charge on any atom is 0.227 e. The van der Waals surface area contributed by atoms with E-state index in [1.807, 2.05) is 57.1 Å². The number of aryl methyl sites for hydroxylation is 1. The Labute approximate surface area is 154 Å². The van der Waals surface area contributed by atoms with E-state index in [0.717, 1.165) is 46.5 Å². The number of rotatable bonds is 8. The van der Waals surface area contributed by atoms with Gasteiger partial charge in [-0.05, 0) is 52.2 Å². The predicted octanol–water partition coefficient (Wildman–Crippen LogP) is 3.08. The predicted molar refractivity (Wildman–Crippen MR) is 103 cm³/mol. The van der Waals surface area contributed by atoms with E-state index in [4.69, 9.17) is 4.74 Å². The normalized spacial score (nSPS) is 11.0. The minimum atomic E-state index is 0.155. The third kappa shape index (κ3) is 5.28. The second-order valence-corrected chi connectivity index (χ2v) is 7.47. The monoisotopic (exact) mass is 361 g/mol. The molecule has 2 aromatic rings. The third-order valence-corrected chi connectivity index (χ3v) is 5.00. The number of amides is 1. The Morgan fingerprint density at radius 3 is 2.44 bits per heavy atom. The lowest BCUT2D eigenvalue weighted by Gasteiger charge is -2.22. The lowest BCUT2D eigenvalue weighted by Crippen LogP contribution is -2.37. The molecule has 0 fully saturated rings. The molecule has 0 radical (unpaired) electrons. The van der Waals surface area contributed by atoms with Crippen molar-refractivity contribution in [2.24, 2.45) is 0 Å². The molecule has 0 unspecified atom stereocenters. The van der Waals surface area contributed by atoms with Gasteiger partial charge in [0.25, 0.3) is 0 Å². The van der Waals surface area contributed by atoms with E-state index in [9.17, 15) is 4.79 Å². The Hall–Kier alpha value is -1.92. The molecular weight excluding hydrogens is 334 g/mol. The van der Waals surface area contributed by atoms with Gasteiger partial charge >= 0.3 is 0 Å². The van der Waals surface area contributed by atoms with Gasteiger partial charge in [0.2, 0.25) is 5.91 Å². The molecule has 0 N–H and O–H groups in total. The van der Waals surface area contributed by atoms with Gasteiger partial charge in [0.15, 0.2) is 0 Å². The molecule has 0 saturated carbocycles. The summed E-state index contributed by atoms with van der Waals surface area (Å²) >= 11 is 1.60. The summed E-state index contributed by atoms with van der Waals surface area (Å²) in [5.74, 6) is 0.969. The van der Waals surface area contributed by atoms with E-state index in [2.05, 4.69) is 9.88 Å². The average Bonchev–Trinajstić information content (AvgIpc) is 2.95. The highest BCUT2D eigenvalue weighted by atomic mass is 32.1. The second kappa shape index (κ2) is 8.97. The van der Waals surface area contributed by atoms with E-state index in [0.29, 0.717) is 6.42 Å². The zero-order chi connectivity index (χ0) is 18.4. The number of methoxy groups -OCH3 is 1. The van der Waals surface area contributed by atoms with Gasteiger partial charge in [-0.2, -0.15) is 0 Å². The molecule has 1 aromatic carbocycles. The van der Waals surface area contributed by atoms with Crippen molar-refractivity contribution in [3.05, 3.63) is 34.2 Å². The highest BCUT2D eigenvalue weighted by molar-refractivity contribution is 7.12. The molecule has 136 valence electrons. The van der Waals surface area contributed by atoms with Crippen molar-refractivity contribution < 1.29 is 9.53 Å². The molecule has 0 spiro atoms. The maximum atomic E-state index is 12.7. The Kier molecular flexibility index (Phi) is 6.96. The minimum Gasteiger partial charge on any atom is -0.497 e. The van der Waals surface area contributed by atoms with Crippen LogP contribution in [0.25, 0.3) is 11.3 Å². The molecule has 0 aliphatic heterocycles. The molecule has 5 nitrogen and oxygen atoms in total. The Morgan fingerprint density at radius 1 is 1.20 bits per heavy atom. The van der Waals surface area contributed by atoms with Crippen LogP contribution in [0.15, 0.2) is 24.3 Å². The fraction of sp³-hybridized carbons (Fsp3) is 0.474. The van der Waals surface area contributed by atoms with Gasteiger partial charge in [0.05, 0.1) is 24.2 Å². The number of carbonyl (C=O) groups is 1. The van der Waals surface area contributed by atoms with Crippen molar-refractivity contribution in [3.63, 3.8) is 0 Å². The first-order valence-corrected chi connectivity index (χ1v) is 9.29. The van der Waals surface area contributed by atoms with Crippen LogP contribution >= 0.6 is 11.3 Å². The summed E-state index contributed by atoms with van der Waals surface area (Å²) in [7, 11) is 5.69. The average molecular weight is 362 g/mol. The number of nitrogens with zero attached hydrogens (tertiary/aromatic N) is 3. The number of aromatic nitrogens is 1. The zero-order valence-electron chi connectivity index (χ0n) is 15.7. The van der Waals surface area contributed by atoms with Crippen molar-refractivity contribution in [2.75, 3.05) is 40.8 Å². The van der Waals surface area contributed by atoms with Crippen molar-refractivity contribution in [2.45, 2.75) is 20.3 Å². The highest BCUT2D eigenvalue weighted by Gasteiger charge is 2.18. The van der Waals surface area contributed by atoms with E-state index in [-0.39, 0.29) is 5.91 Å². The van der Waals surface area contributed by atoms with Gasteiger partial charge in [-0.1, -0.05) is 0 Å².